The van der Waals surface area contributed by atoms with Gasteiger partial charge < -0.3 is 4.90 Å². The van der Waals surface area contributed by atoms with Crippen molar-refractivity contribution in [1.82, 2.24) is 9.88 Å². The Bertz CT molecular complexity index is 680. The molecule has 0 aliphatic heterocycles. The summed E-state index contributed by atoms with van der Waals surface area (Å²) < 4.78 is 0. The third-order valence-corrected chi connectivity index (χ3v) is 5.23. The molecule has 2 aromatic rings. The van der Waals surface area contributed by atoms with Gasteiger partial charge in [-0.25, -0.2) is 0 Å². The van der Waals surface area contributed by atoms with Gasteiger partial charge in [0.15, 0.2) is 0 Å². The molecule has 1 amide bonds. The average Bonchev–Trinajstić information content (AvgIpc) is 2.56. The topological polar surface area (TPSA) is 33.2 Å². The zero-order valence-electron chi connectivity index (χ0n) is 13.7. The van der Waals surface area contributed by atoms with Crippen LogP contribution in [0.3, 0.4) is 0 Å². The number of aromatic nitrogens is 1. The quantitative estimate of drug-likeness (QED) is 0.670. The van der Waals surface area contributed by atoms with E-state index in [2.05, 4.69) is 4.98 Å². The van der Waals surface area contributed by atoms with Gasteiger partial charge in [0.05, 0.1) is 15.8 Å². The molecule has 0 radical (unpaired) electrons. The Hall–Kier alpha value is -1.23. The maximum absolute atomic E-state index is 12.6. The van der Waals surface area contributed by atoms with E-state index in [9.17, 15) is 4.79 Å². The van der Waals surface area contributed by atoms with Crippen molar-refractivity contribution in [3.63, 3.8) is 0 Å². The number of amides is 1. The highest BCUT2D eigenvalue weighted by Crippen LogP contribution is 2.24. The number of halogens is 2. The molecule has 1 heterocycles. The Labute approximate surface area is 157 Å². The van der Waals surface area contributed by atoms with Crippen molar-refractivity contribution in [2.45, 2.75) is 32.2 Å². The Morgan fingerprint density at radius 2 is 2.00 bits per heavy atom. The molecule has 0 N–H and O–H groups in total. The van der Waals surface area contributed by atoms with Gasteiger partial charge in [-0.2, -0.15) is 0 Å². The highest BCUT2D eigenvalue weighted by Gasteiger charge is 2.17. The molecule has 0 aliphatic carbocycles. The maximum Gasteiger partial charge on any atom is 0.233 e. The summed E-state index contributed by atoms with van der Waals surface area (Å²) in [6.07, 6.45) is 3.57. The van der Waals surface area contributed by atoms with Gasteiger partial charge in [-0.3, -0.25) is 9.78 Å². The van der Waals surface area contributed by atoms with Crippen LogP contribution in [0.4, 0.5) is 0 Å². The molecule has 2 rings (SSSR count). The van der Waals surface area contributed by atoms with Crippen molar-refractivity contribution >= 4 is 40.9 Å². The first-order valence-corrected chi connectivity index (χ1v) is 9.58. The predicted molar refractivity (Wildman–Crippen MR) is 103 cm³/mol. The lowest BCUT2D eigenvalue weighted by Crippen LogP contribution is -2.37. The van der Waals surface area contributed by atoms with Crippen LogP contribution in [0, 0.1) is 0 Å². The Morgan fingerprint density at radius 1 is 1.21 bits per heavy atom. The van der Waals surface area contributed by atoms with Crippen LogP contribution >= 0.6 is 35.0 Å². The van der Waals surface area contributed by atoms with Crippen LogP contribution in [0.5, 0.6) is 0 Å². The van der Waals surface area contributed by atoms with E-state index in [1.54, 1.807) is 24.0 Å². The van der Waals surface area contributed by atoms with Gasteiger partial charge in [0.2, 0.25) is 5.91 Å². The van der Waals surface area contributed by atoms with Gasteiger partial charge in [0.25, 0.3) is 0 Å². The number of hydrogen-bond donors (Lipinski definition) is 0. The number of benzene rings is 1. The van der Waals surface area contributed by atoms with E-state index in [4.69, 9.17) is 23.2 Å². The first kappa shape index (κ1) is 19.1. The van der Waals surface area contributed by atoms with E-state index in [0.717, 1.165) is 16.9 Å². The van der Waals surface area contributed by atoms with E-state index in [0.29, 0.717) is 22.3 Å². The summed E-state index contributed by atoms with van der Waals surface area (Å²) >= 11 is 13.6. The lowest BCUT2D eigenvalue weighted by molar-refractivity contribution is -0.130. The normalized spacial score (nSPS) is 10.9. The second-order valence-electron chi connectivity index (χ2n) is 5.72. The molecule has 3 nitrogen and oxygen atoms in total. The number of hydrogen-bond acceptors (Lipinski definition) is 3. The number of thioether (sulfide) groups is 1. The van der Waals surface area contributed by atoms with Crippen LogP contribution in [-0.4, -0.2) is 27.6 Å². The SMILES string of the molecule is CC(C)N(Cc1ccc(Cl)c(Cl)c1)C(=O)CSCc1cccnc1. The molecule has 0 unspecified atom stereocenters. The molecule has 0 bridgehead atoms. The smallest absolute Gasteiger partial charge is 0.233 e. The number of carbonyl (C=O) groups excluding carboxylic acids is 1. The molecule has 1 aromatic heterocycles. The third-order valence-electron chi connectivity index (χ3n) is 3.50. The second kappa shape index (κ2) is 9.30. The fourth-order valence-corrected chi connectivity index (χ4v) is 3.39. The number of carbonyl (C=O) groups is 1. The first-order chi connectivity index (χ1) is 11.5. The van der Waals surface area contributed by atoms with Crippen LogP contribution in [0.1, 0.15) is 25.0 Å². The third kappa shape index (κ3) is 5.69. The van der Waals surface area contributed by atoms with Gasteiger partial charge in [0, 0.05) is 30.7 Å². The van der Waals surface area contributed by atoms with Crippen molar-refractivity contribution in [3.05, 3.63) is 63.9 Å². The molecule has 0 saturated heterocycles. The van der Waals surface area contributed by atoms with Gasteiger partial charge in [-0.05, 0) is 43.2 Å². The van der Waals surface area contributed by atoms with Crippen molar-refractivity contribution < 1.29 is 4.79 Å². The summed E-state index contributed by atoms with van der Waals surface area (Å²) in [6, 6.07) is 9.52. The van der Waals surface area contributed by atoms with E-state index < -0.39 is 0 Å². The molecule has 0 atom stereocenters. The number of nitrogens with zero attached hydrogens (tertiary/aromatic N) is 2. The minimum absolute atomic E-state index is 0.116. The number of pyridine rings is 1. The molecule has 6 heteroatoms. The largest absolute Gasteiger partial charge is 0.335 e. The average molecular weight is 383 g/mol. The lowest BCUT2D eigenvalue weighted by atomic mass is 10.2. The summed E-state index contributed by atoms with van der Waals surface area (Å²) in [7, 11) is 0. The standard InChI is InChI=1S/C18H20Cl2N2OS/c1-13(2)22(10-14-5-6-16(19)17(20)8-14)18(23)12-24-11-15-4-3-7-21-9-15/h3-9,13H,10-12H2,1-2H3. The fraction of sp³-hybridized carbons (Fsp3) is 0.333. The minimum atomic E-state index is 0.116. The van der Waals surface area contributed by atoms with Gasteiger partial charge in [-0.1, -0.05) is 35.3 Å². The first-order valence-electron chi connectivity index (χ1n) is 7.67. The van der Waals surface area contributed by atoms with Crippen LogP contribution in [-0.2, 0) is 17.1 Å². The number of rotatable bonds is 7. The maximum atomic E-state index is 12.6. The van der Waals surface area contributed by atoms with Gasteiger partial charge >= 0.3 is 0 Å². The molecule has 0 fully saturated rings. The van der Waals surface area contributed by atoms with Gasteiger partial charge in [-0.15, -0.1) is 11.8 Å². The lowest BCUT2D eigenvalue weighted by Gasteiger charge is -2.27. The van der Waals surface area contributed by atoms with Crippen LogP contribution in [0.2, 0.25) is 10.0 Å². The van der Waals surface area contributed by atoms with Crippen molar-refractivity contribution in [2.75, 3.05) is 5.75 Å². The van der Waals surface area contributed by atoms with Crippen molar-refractivity contribution in [3.8, 4) is 0 Å². The molecule has 0 aliphatic rings. The zero-order chi connectivity index (χ0) is 17.5. The Kier molecular flexibility index (Phi) is 7.40. The summed E-state index contributed by atoms with van der Waals surface area (Å²) in [5.41, 5.74) is 2.10. The highest BCUT2D eigenvalue weighted by atomic mass is 35.5. The summed E-state index contributed by atoms with van der Waals surface area (Å²) in [5.74, 6) is 1.33. The van der Waals surface area contributed by atoms with Crippen LogP contribution < -0.4 is 0 Å². The molecule has 128 valence electrons. The molecular weight excluding hydrogens is 363 g/mol. The second-order valence-corrected chi connectivity index (χ2v) is 7.52. The molecule has 0 spiro atoms. The van der Waals surface area contributed by atoms with Crippen LogP contribution in [0.15, 0.2) is 42.7 Å². The van der Waals surface area contributed by atoms with Crippen LogP contribution in [0.25, 0.3) is 0 Å². The monoisotopic (exact) mass is 382 g/mol. The molecule has 24 heavy (non-hydrogen) atoms. The predicted octanol–water partition coefficient (Wildman–Crippen LogP) is 5.06. The Morgan fingerprint density at radius 3 is 2.62 bits per heavy atom. The van der Waals surface area contributed by atoms with E-state index >= 15 is 0 Å². The highest BCUT2D eigenvalue weighted by molar-refractivity contribution is 7.99. The van der Waals surface area contributed by atoms with E-state index in [1.807, 2.05) is 49.2 Å². The summed E-state index contributed by atoms with van der Waals surface area (Å²) in [6.45, 7) is 4.56. The zero-order valence-corrected chi connectivity index (χ0v) is 16.0. The Balaban J connectivity index is 1.93. The van der Waals surface area contributed by atoms with Gasteiger partial charge in [0.1, 0.15) is 0 Å². The van der Waals surface area contributed by atoms with Crippen molar-refractivity contribution in [1.29, 1.82) is 0 Å². The molecule has 1 aromatic carbocycles. The molecular formula is C18H20Cl2N2OS. The van der Waals surface area contributed by atoms with E-state index in [1.165, 1.54) is 0 Å². The summed E-state index contributed by atoms with van der Waals surface area (Å²) in [5, 5.41) is 1.03. The minimum Gasteiger partial charge on any atom is -0.335 e. The fourth-order valence-electron chi connectivity index (χ4n) is 2.22. The van der Waals surface area contributed by atoms with E-state index in [-0.39, 0.29) is 11.9 Å². The van der Waals surface area contributed by atoms with Crippen molar-refractivity contribution in [2.24, 2.45) is 0 Å². The summed E-state index contributed by atoms with van der Waals surface area (Å²) in [4.78, 5) is 18.5. The molecule has 0 saturated carbocycles.